The van der Waals surface area contributed by atoms with Crippen LogP contribution in [0.3, 0.4) is 0 Å². The summed E-state index contributed by atoms with van der Waals surface area (Å²) in [7, 11) is 0. The lowest BCUT2D eigenvalue weighted by Gasteiger charge is -2.34. The number of alkyl halides is 3. The number of nitrogens with zero attached hydrogens (tertiary/aromatic N) is 2. The van der Waals surface area contributed by atoms with Crippen LogP contribution >= 0.6 is 23.2 Å². The summed E-state index contributed by atoms with van der Waals surface area (Å²) in [6.45, 7) is 4.39. The first-order valence-corrected chi connectivity index (χ1v) is 10.3. The maximum Gasteiger partial charge on any atom is 0.416 e. The number of halogens is 5. The van der Waals surface area contributed by atoms with E-state index in [9.17, 15) is 18.0 Å². The number of carbonyl (C=O) groups excluding carboxylic acids is 1. The van der Waals surface area contributed by atoms with E-state index in [1.807, 2.05) is 0 Å². The summed E-state index contributed by atoms with van der Waals surface area (Å²) in [5.74, 6) is -0.155. The van der Waals surface area contributed by atoms with Crippen molar-refractivity contribution in [1.82, 2.24) is 9.80 Å². The van der Waals surface area contributed by atoms with Gasteiger partial charge in [-0.3, -0.25) is 9.69 Å². The topological polar surface area (TPSA) is 35.6 Å². The molecule has 162 valence electrons. The van der Waals surface area contributed by atoms with Crippen molar-refractivity contribution in [2.45, 2.75) is 19.1 Å². The maximum absolute atomic E-state index is 12.7. The van der Waals surface area contributed by atoms with Crippen LogP contribution in [0, 0.1) is 0 Å². The van der Waals surface area contributed by atoms with Gasteiger partial charge < -0.3 is 10.2 Å². The fourth-order valence-electron chi connectivity index (χ4n) is 3.31. The van der Waals surface area contributed by atoms with Gasteiger partial charge in [0.25, 0.3) is 0 Å². The summed E-state index contributed by atoms with van der Waals surface area (Å²) in [5, 5.41) is 3.55. The highest BCUT2D eigenvalue weighted by atomic mass is 35.5. The molecule has 4 nitrogen and oxygen atoms in total. The van der Waals surface area contributed by atoms with Gasteiger partial charge in [-0.05, 0) is 29.8 Å². The number of para-hydroxylation sites is 1. The van der Waals surface area contributed by atoms with Crippen molar-refractivity contribution >= 4 is 34.8 Å². The van der Waals surface area contributed by atoms with Gasteiger partial charge in [-0.2, -0.15) is 13.2 Å². The predicted octanol–water partition coefficient (Wildman–Crippen LogP) is 5.16. The number of amides is 1. The van der Waals surface area contributed by atoms with Crippen molar-refractivity contribution in [2.24, 2.45) is 0 Å². The Bertz CT molecular complexity index is 847. The third kappa shape index (κ3) is 6.35. The van der Waals surface area contributed by atoms with Crippen LogP contribution in [0.15, 0.2) is 42.5 Å². The van der Waals surface area contributed by atoms with Crippen LogP contribution in [0.1, 0.15) is 17.5 Å². The van der Waals surface area contributed by atoms with E-state index in [4.69, 9.17) is 23.2 Å². The van der Waals surface area contributed by atoms with Crippen LogP contribution in [0.4, 0.5) is 18.9 Å². The zero-order chi connectivity index (χ0) is 21.7. The van der Waals surface area contributed by atoms with Crippen LogP contribution in [0.25, 0.3) is 0 Å². The molecule has 1 fully saturated rings. The lowest BCUT2D eigenvalue weighted by molar-refractivity contribution is -0.137. The fourth-order valence-corrected chi connectivity index (χ4v) is 3.80. The number of nitrogens with one attached hydrogen (secondary N) is 1. The van der Waals surface area contributed by atoms with Crippen molar-refractivity contribution in [1.29, 1.82) is 0 Å². The normalized spacial score (nSPS) is 15.9. The standard InChI is InChI=1S/C21H22Cl2F3N3O/c22-17-2-1-3-18(23)20(17)27-19(30)8-9-28-10-12-29(13-11-28)14-15-4-6-16(7-5-15)21(24,25)26/h1-7H,8-14H2,(H,27,30). The number of hydrogen-bond acceptors (Lipinski definition) is 3. The van der Waals surface area contributed by atoms with Gasteiger partial charge in [-0.25, -0.2) is 0 Å². The summed E-state index contributed by atoms with van der Waals surface area (Å²) in [6, 6.07) is 10.3. The molecule has 1 N–H and O–H groups in total. The first-order chi connectivity index (χ1) is 14.2. The highest BCUT2D eigenvalue weighted by Crippen LogP contribution is 2.30. The van der Waals surface area contributed by atoms with Gasteiger partial charge in [-0.15, -0.1) is 0 Å². The van der Waals surface area contributed by atoms with Crippen molar-refractivity contribution in [3.63, 3.8) is 0 Å². The number of benzene rings is 2. The second-order valence-electron chi connectivity index (χ2n) is 7.21. The summed E-state index contributed by atoms with van der Waals surface area (Å²) in [5.41, 5.74) is 0.645. The number of anilines is 1. The summed E-state index contributed by atoms with van der Waals surface area (Å²) < 4.78 is 38.0. The van der Waals surface area contributed by atoms with E-state index in [0.29, 0.717) is 35.2 Å². The Labute approximate surface area is 183 Å². The zero-order valence-electron chi connectivity index (χ0n) is 16.2. The first kappa shape index (κ1) is 22.9. The molecule has 1 aliphatic rings. The second kappa shape index (κ2) is 10.0. The Morgan fingerprint density at radius 1 is 0.933 bits per heavy atom. The van der Waals surface area contributed by atoms with Gasteiger partial charge >= 0.3 is 6.18 Å². The zero-order valence-corrected chi connectivity index (χ0v) is 17.7. The molecule has 0 saturated carbocycles. The lowest BCUT2D eigenvalue weighted by atomic mass is 10.1. The highest BCUT2D eigenvalue weighted by Gasteiger charge is 2.30. The molecule has 0 spiro atoms. The van der Waals surface area contributed by atoms with Gasteiger partial charge in [-0.1, -0.05) is 41.4 Å². The molecule has 1 amide bonds. The highest BCUT2D eigenvalue weighted by molar-refractivity contribution is 6.39. The second-order valence-corrected chi connectivity index (χ2v) is 8.02. The summed E-state index contributed by atoms with van der Waals surface area (Å²) in [4.78, 5) is 16.6. The molecule has 0 unspecified atom stereocenters. The number of piperazine rings is 1. The van der Waals surface area contributed by atoms with E-state index >= 15 is 0 Å². The minimum absolute atomic E-state index is 0.155. The van der Waals surface area contributed by atoms with Crippen molar-refractivity contribution in [3.05, 3.63) is 63.6 Å². The molecule has 1 aliphatic heterocycles. The van der Waals surface area contributed by atoms with Gasteiger partial charge in [0, 0.05) is 45.7 Å². The van der Waals surface area contributed by atoms with Gasteiger partial charge in [0.05, 0.1) is 21.3 Å². The molecule has 2 aromatic carbocycles. The minimum Gasteiger partial charge on any atom is -0.324 e. The van der Waals surface area contributed by atoms with Gasteiger partial charge in [0.15, 0.2) is 0 Å². The summed E-state index contributed by atoms with van der Waals surface area (Å²) >= 11 is 12.1. The molecule has 0 aliphatic carbocycles. The van der Waals surface area contributed by atoms with E-state index < -0.39 is 11.7 Å². The molecule has 0 bridgehead atoms. The Balaban J connectivity index is 1.41. The van der Waals surface area contributed by atoms with Crippen LogP contribution < -0.4 is 5.32 Å². The van der Waals surface area contributed by atoms with E-state index in [0.717, 1.165) is 43.9 Å². The third-order valence-electron chi connectivity index (χ3n) is 5.03. The number of hydrogen-bond donors (Lipinski definition) is 1. The Morgan fingerprint density at radius 3 is 2.07 bits per heavy atom. The third-order valence-corrected chi connectivity index (χ3v) is 5.66. The molecule has 2 aromatic rings. The molecular formula is C21H22Cl2F3N3O. The molecule has 0 radical (unpaired) electrons. The average Bonchev–Trinajstić information content (AvgIpc) is 2.70. The lowest BCUT2D eigenvalue weighted by Crippen LogP contribution is -2.46. The van der Waals surface area contributed by atoms with E-state index in [2.05, 4.69) is 15.1 Å². The molecule has 0 atom stereocenters. The molecule has 3 rings (SSSR count). The molecule has 1 heterocycles. The monoisotopic (exact) mass is 459 g/mol. The molecule has 0 aromatic heterocycles. The van der Waals surface area contributed by atoms with Crippen molar-refractivity contribution < 1.29 is 18.0 Å². The maximum atomic E-state index is 12.7. The largest absolute Gasteiger partial charge is 0.416 e. The van der Waals surface area contributed by atoms with Gasteiger partial charge in [0.2, 0.25) is 5.91 Å². The summed E-state index contributed by atoms with van der Waals surface area (Å²) in [6.07, 6.45) is -3.99. The van der Waals surface area contributed by atoms with Crippen LogP contribution in [-0.4, -0.2) is 48.4 Å². The molecule has 30 heavy (non-hydrogen) atoms. The molecular weight excluding hydrogens is 438 g/mol. The quantitative estimate of drug-likeness (QED) is 0.647. The van der Waals surface area contributed by atoms with Crippen LogP contribution in [0.5, 0.6) is 0 Å². The SMILES string of the molecule is O=C(CCN1CCN(Cc2ccc(C(F)(F)F)cc2)CC1)Nc1c(Cl)cccc1Cl. The Hall–Kier alpha value is -1.80. The molecule has 9 heteroatoms. The van der Waals surface area contributed by atoms with Crippen molar-refractivity contribution in [2.75, 3.05) is 38.0 Å². The van der Waals surface area contributed by atoms with Crippen molar-refractivity contribution in [3.8, 4) is 0 Å². The van der Waals surface area contributed by atoms with E-state index in [-0.39, 0.29) is 5.91 Å². The first-order valence-electron chi connectivity index (χ1n) is 9.57. The van der Waals surface area contributed by atoms with Gasteiger partial charge in [0.1, 0.15) is 0 Å². The average molecular weight is 460 g/mol. The van der Waals surface area contributed by atoms with Crippen LogP contribution in [0.2, 0.25) is 10.0 Å². The number of carbonyl (C=O) groups is 1. The Kier molecular flexibility index (Phi) is 7.63. The fraction of sp³-hybridized carbons (Fsp3) is 0.381. The molecule has 1 saturated heterocycles. The predicted molar refractivity (Wildman–Crippen MR) is 113 cm³/mol. The smallest absolute Gasteiger partial charge is 0.324 e. The van der Waals surface area contributed by atoms with E-state index in [1.165, 1.54) is 12.1 Å². The van der Waals surface area contributed by atoms with E-state index in [1.54, 1.807) is 18.2 Å². The minimum atomic E-state index is -4.31. The number of rotatable bonds is 6. The van der Waals surface area contributed by atoms with Crippen LogP contribution in [-0.2, 0) is 17.5 Å². The Morgan fingerprint density at radius 2 is 1.50 bits per heavy atom.